The molecule has 0 spiro atoms. The van der Waals surface area contributed by atoms with Crippen molar-refractivity contribution < 1.29 is 22.7 Å². The minimum absolute atomic E-state index is 0.110. The standard InChI is InChI=1S/C25H32N2O5S/c1-18-12-19(2)16-27(15-18)33(29,30)24-10-3-6-20(13-24)25(28)26-21-7-4-8-22(14-21)32-17-23-9-5-11-31-23/h3-4,6-8,10,13-14,18-19,23H,5,9,11-12,15-17H2,1-2H3,(H,26,28). The van der Waals surface area contributed by atoms with Crippen LogP contribution in [-0.4, -0.2) is 51.0 Å². The van der Waals surface area contributed by atoms with Crippen LogP contribution >= 0.6 is 0 Å². The van der Waals surface area contributed by atoms with Crippen LogP contribution in [0.4, 0.5) is 5.69 Å². The van der Waals surface area contributed by atoms with E-state index in [-0.39, 0.29) is 16.9 Å². The van der Waals surface area contributed by atoms with E-state index in [0.29, 0.717) is 48.5 Å². The van der Waals surface area contributed by atoms with Gasteiger partial charge in [-0.25, -0.2) is 8.42 Å². The number of carbonyl (C=O) groups excluding carboxylic acids is 1. The van der Waals surface area contributed by atoms with E-state index < -0.39 is 10.0 Å². The van der Waals surface area contributed by atoms with Gasteiger partial charge in [0.15, 0.2) is 0 Å². The van der Waals surface area contributed by atoms with E-state index in [1.807, 2.05) is 6.07 Å². The lowest BCUT2D eigenvalue weighted by Gasteiger charge is -2.34. The second kappa shape index (κ2) is 10.2. The van der Waals surface area contributed by atoms with Gasteiger partial charge in [0.2, 0.25) is 10.0 Å². The summed E-state index contributed by atoms with van der Waals surface area (Å²) in [5, 5.41) is 2.84. The first-order valence-electron chi connectivity index (χ1n) is 11.6. The summed E-state index contributed by atoms with van der Waals surface area (Å²) in [7, 11) is -3.66. The second-order valence-electron chi connectivity index (χ2n) is 9.22. The number of amides is 1. The molecule has 1 amide bonds. The minimum Gasteiger partial charge on any atom is -0.491 e. The van der Waals surface area contributed by atoms with Gasteiger partial charge < -0.3 is 14.8 Å². The molecule has 1 N–H and O–H groups in total. The second-order valence-corrected chi connectivity index (χ2v) is 11.2. The van der Waals surface area contributed by atoms with Crippen LogP contribution in [0.15, 0.2) is 53.4 Å². The Hall–Kier alpha value is -2.42. The van der Waals surface area contributed by atoms with Crippen molar-refractivity contribution in [2.24, 2.45) is 11.8 Å². The molecule has 0 saturated carbocycles. The Kier molecular flexibility index (Phi) is 7.36. The third kappa shape index (κ3) is 5.93. The van der Waals surface area contributed by atoms with Gasteiger partial charge in [-0.2, -0.15) is 4.31 Å². The van der Waals surface area contributed by atoms with E-state index >= 15 is 0 Å². The SMILES string of the molecule is CC1CC(C)CN(S(=O)(=O)c2cccc(C(=O)Nc3cccc(OCC4CCCO4)c3)c2)C1. The maximum Gasteiger partial charge on any atom is 0.255 e. The summed E-state index contributed by atoms with van der Waals surface area (Å²) in [6, 6.07) is 13.4. The highest BCUT2D eigenvalue weighted by Crippen LogP contribution is 2.27. The Morgan fingerprint density at radius 3 is 2.61 bits per heavy atom. The number of nitrogens with one attached hydrogen (secondary N) is 1. The Balaban J connectivity index is 1.44. The molecule has 0 aliphatic carbocycles. The van der Waals surface area contributed by atoms with Gasteiger partial charge in [-0.3, -0.25) is 4.79 Å². The monoisotopic (exact) mass is 472 g/mol. The third-order valence-corrected chi connectivity index (χ3v) is 7.95. The Labute approximate surface area is 196 Å². The average Bonchev–Trinajstić information content (AvgIpc) is 3.31. The molecular formula is C25H32N2O5S. The fraction of sp³-hybridized carbons (Fsp3) is 0.480. The maximum absolute atomic E-state index is 13.2. The number of hydrogen-bond donors (Lipinski definition) is 1. The highest BCUT2D eigenvalue weighted by atomic mass is 32.2. The highest BCUT2D eigenvalue weighted by Gasteiger charge is 2.32. The molecule has 178 valence electrons. The molecular weight excluding hydrogens is 440 g/mol. The molecule has 2 aliphatic heterocycles. The molecule has 2 heterocycles. The summed E-state index contributed by atoms with van der Waals surface area (Å²) in [5.41, 5.74) is 0.872. The molecule has 0 bridgehead atoms. The first-order valence-corrected chi connectivity index (χ1v) is 13.0. The van der Waals surface area contributed by atoms with Crippen LogP contribution in [0, 0.1) is 11.8 Å². The molecule has 2 saturated heterocycles. The fourth-order valence-corrected chi connectivity index (χ4v) is 6.31. The molecule has 8 heteroatoms. The molecule has 7 nitrogen and oxygen atoms in total. The Bertz CT molecular complexity index is 1070. The molecule has 3 unspecified atom stereocenters. The van der Waals surface area contributed by atoms with Crippen LogP contribution < -0.4 is 10.1 Å². The van der Waals surface area contributed by atoms with Gasteiger partial charge in [-0.15, -0.1) is 0 Å². The summed E-state index contributed by atoms with van der Waals surface area (Å²) in [6.07, 6.45) is 3.17. The van der Waals surface area contributed by atoms with Crippen molar-refractivity contribution in [2.75, 3.05) is 31.6 Å². The highest BCUT2D eigenvalue weighted by molar-refractivity contribution is 7.89. The van der Waals surface area contributed by atoms with Crippen LogP contribution in [0.5, 0.6) is 5.75 Å². The summed E-state index contributed by atoms with van der Waals surface area (Å²) < 4.78 is 39.3. The quantitative estimate of drug-likeness (QED) is 0.654. The largest absolute Gasteiger partial charge is 0.491 e. The van der Waals surface area contributed by atoms with Crippen molar-refractivity contribution in [1.82, 2.24) is 4.31 Å². The predicted octanol–water partition coefficient (Wildman–Crippen LogP) is 4.16. The molecule has 0 radical (unpaired) electrons. The van der Waals surface area contributed by atoms with Crippen LogP contribution in [0.2, 0.25) is 0 Å². The van der Waals surface area contributed by atoms with Gasteiger partial charge in [0, 0.05) is 37.0 Å². The van der Waals surface area contributed by atoms with Gasteiger partial charge in [0.25, 0.3) is 5.91 Å². The maximum atomic E-state index is 13.2. The summed E-state index contributed by atoms with van der Waals surface area (Å²) >= 11 is 0. The smallest absolute Gasteiger partial charge is 0.255 e. The number of sulfonamides is 1. The van der Waals surface area contributed by atoms with Crippen LogP contribution in [-0.2, 0) is 14.8 Å². The number of nitrogens with zero attached hydrogens (tertiary/aromatic N) is 1. The van der Waals surface area contributed by atoms with Crippen molar-refractivity contribution >= 4 is 21.6 Å². The topological polar surface area (TPSA) is 84.9 Å². The van der Waals surface area contributed by atoms with E-state index in [4.69, 9.17) is 9.47 Å². The summed E-state index contributed by atoms with van der Waals surface area (Å²) in [5.74, 6) is 0.895. The number of anilines is 1. The number of ether oxygens (including phenoxy) is 2. The number of rotatable bonds is 7. The number of hydrogen-bond acceptors (Lipinski definition) is 5. The Morgan fingerprint density at radius 2 is 1.88 bits per heavy atom. The number of carbonyl (C=O) groups is 1. The lowest BCUT2D eigenvalue weighted by molar-refractivity contribution is 0.0680. The zero-order chi connectivity index (χ0) is 23.4. The summed E-state index contributed by atoms with van der Waals surface area (Å²) in [6.45, 7) is 6.39. The zero-order valence-electron chi connectivity index (χ0n) is 19.2. The van der Waals surface area contributed by atoms with Gasteiger partial charge in [-0.05, 0) is 61.4 Å². The zero-order valence-corrected chi connectivity index (χ0v) is 20.0. The third-order valence-electron chi connectivity index (χ3n) is 6.12. The molecule has 33 heavy (non-hydrogen) atoms. The Morgan fingerprint density at radius 1 is 1.12 bits per heavy atom. The van der Waals surface area contributed by atoms with Crippen LogP contribution in [0.3, 0.4) is 0 Å². The van der Waals surface area contributed by atoms with Crippen molar-refractivity contribution in [3.05, 3.63) is 54.1 Å². The minimum atomic E-state index is -3.66. The lowest BCUT2D eigenvalue weighted by atomic mass is 9.94. The van der Waals surface area contributed by atoms with Gasteiger partial charge >= 0.3 is 0 Å². The van der Waals surface area contributed by atoms with E-state index in [1.54, 1.807) is 36.4 Å². The predicted molar refractivity (Wildman–Crippen MR) is 127 cm³/mol. The summed E-state index contributed by atoms with van der Waals surface area (Å²) in [4.78, 5) is 13.0. The molecule has 0 aromatic heterocycles. The number of benzene rings is 2. The average molecular weight is 473 g/mol. The molecule has 2 fully saturated rings. The van der Waals surface area contributed by atoms with Crippen LogP contribution in [0.1, 0.15) is 43.5 Å². The van der Waals surface area contributed by atoms with Gasteiger partial charge in [-0.1, -0.05) is 26.0 Å². The first-order chi connectivity index (χ1) is 15.8. The molecule has 2 aliphatic rings. The van der Waals surface area contributed by atoms with Gasteiger partial charge in [0.05, 0.1) is 11.0 Å². The van der Waals surface area contributed by atoms with Crippen molar-refractivity contribution in [2.45, 2.75) is 44.1 Å². The van der Waals surface area contributed by atoms with Crippen LogP contribution in [0.25, 0.3) is 0 Å². The molecule has 2 aromatic carbocycles. The van der Waals surface area contributed by atoms with E-state index in [9.17, 15) is 13.2 Å². The molecule has 4 rings (SSSR count). The first kappa shape index (κ1) is 23.7. The van der Waals surface area contributed by atoms with E-state index in [0.717, 1.165) is 25.9 Å². The van der Waals surface area contributed by atoms with Crippen molar-refractivity contribution in [1.29, 1.82) is 0 Å². The fourth-order valence-electron chi connectivity index (χ4n) is 4.58. The van der Waals surface area contributed by atoms with Gasteiger partial charge in [0.1, 0.15) is 12.4 Å². The molecule has 3 atom stereocenters. The van der Waals surface area contributed by atoms with E-state index in [2.05, 4.69) is 19.2 Å². The number of piperidine rings is 1. The normalized spacial score (nSPS) is 23.9. The molecule has 2 aromatic rings. The lowest BCUT2D eigenvalue weighted by Crippen LogP contribution is -2.42. The van der Waals surface area contributed by atoms with Crippen molar-refractivity contribution in [3.63, 3.8) is 0 Å². The van der Waals surface area contributed by atoms with E-state index in [1.165, 1.54) is 10.4 Å². The van der Waals surface area contributed by atoms with Crippen molar-refractivity contribution in [3.8, 4) is 5.75 Å².